The molecule has 0 atom stereocenters. The first-order valence-corrected chi connectivity index (χ1v) is 9.00. The third kappa shape index (κ3) is 3.61. The molecule has 0 radical (unpaired) electrons. The minimum atomic E-state index is 0.478. The average molecular weight is 353 g/mol. The molecular weight excluding hydrogens is 328 g/mol. The average Bonchev–Trinajstić information content (AvgIpc) is 2.76. The van der Waals surface area contributed by atoms with Crippen molar-refractivity contribution < 1.29 is 5.11 Å². The number of halogens is 1. The Morgan fingerprint density at radius 2 is 1.90 bits per heavy atom. The molecule has 2 N–H and O–H groups in total. The van der Waals surface area contributed by atoms with Gasteiger partial charge in [-0.3, -0.25) is 0 Å². The maximum absolute atomic E-state index is 10.5. The zero-order chi connectivity index (χ0) is 14.7. The molecule has 1 aliphatic heterocycles. The Bertz CT molecular complexity index is 498. The SMILES string of the molecule is Oc1c(CCN2CCNCC2)cc2c(c1Br)CCCCC2. The van der Waals surface area contributed by atoms with Gasteiger partial charge in [0.1, 0.15) is 5.75 Å². The predicted octanol–water partition coefficient (Wildman–Crippen LogP) is 2.87. The molecule has 1 saturated heterocycles. The fraction of sp³-hybridized carbons (Fsp3) is 0.647. The van der Waals surface area contributed by atoms with Crippen molar-refractivity contribution >= 4 is 15.9 Å². The summed E-state index contributed by atoms with van der Waals surface area (Å²) in [5.74, 6) is 0.478. The highest BCUT2D eigenvalue weighted by Gasteiger charge is 2.18. The highest BCUT2D eigenvalue weighted by Crippen LogP contribution is 2.37. The Morgan fingerprint density at radius 3 is 2.71 bits per heavy atom. The van der Waals surface area contributed by atoms with Crippen LogP contribution in [0, 0.1) is 0 Å². The standard InChI is InChI=1S/C17H25BrN2O/c18-16-15-5-3-1-2-4-13(15)12-14(17(16)21)6-9-20-10-7-19-8-11-20/h12,19,21H,1-11H2. The van der Waals surface area contributed by atoms with Crippen LogP contribution in [0.1, 0.15) is 36.0 Å². The summed E-state index contributed by atoms with van der Waals surface area (Å²) in [5.41, 5.74) is 3.91. The first-order chi connectivity index (χ1) is 10.3. The second kappa shape index (κ2) is 7.12. The van der Waals surface area contributed by atoms with Gasteiger partial charge in [-0.25, -0.2) is 0 Å². The van der Waals surface area contributed by atoms with E-state index in [0.29, 0.717) is 5.75 Å². The van der Waals surface area contributed by atoms with Crippen LogP contribution >= 0.6 is 15.9 Å². The lowest BCUT2D eigenvalue weighted by atomic mass is 9.97. The maximum Gasteiger partial charge on any atom is 0.133 e. The van der Waals surface area contributed by atoms with Gasteiger partial charge in [-0.15, -0.1) is 0 Å². The summed E-state index contributed by atoms with van der Waals surface area (Å²) in [6, 6.07) is 2.27. The van der Waals surface area contributed by atoms with E-state index in [0.717, 1.165) is 62.0 Å². The Balaban J connectivity index is 1.75. The van der Waals surface area contributed by atoms with Crippen molar-refractivity contribution in [1.82, 2.24) is 10.2 Å². The summed E-state index contributed by atoms with van der Waals surface area (Å²) < 4.78 is 0.956. The van der Waals surface area contributed by atoms with E-state index in [9.17, 15) is 5.11 Å². The number of rotatable bonds is 3. The number of aromatic hydroxyl groups is 1. The number of hydrogen-bond acceptors (Lipinski definition) is 3. The largest absolute Gasteiger partial charge is 0.506 e. The minimum absolute atomic E-state index is 0.478. The molecule has 0 spiro atoms. The van der Waals surface area contributed by atoms with E-state index in [1.54, 1.807) is 0 Å². The molecule has 1 aliphatic carbocycles. The van der Waals surface area contributed by atoms with E-state index in [4.69, 9.17) is 0 Å². The molecule has 116 valence electrons. The molecule has 1 aromatic carbocycles. The quantitative estimate of drug-likeness (QED) is 0.821. The summed E-state index contributed by atoms with van der Waals surface area (Å²) in [4.78, 5) is 2.48. The number of nitrogens with one attached hydrogen (secondary N) is 1. The van der Waals surface area contributed by atoms with Crippen molar-refractivity contribution in [3.8, 4) is 5.75 Å². The smallest absolute Gasteiger partial charge is 0.133 e. The number of aryl methyl sites for hydroxylation is 1. The summed E-state index contributed by atoms with van der Waals surface area (Å²) >= 11 is 3.64. The van der Waals surface area contributed by atoms with Crippen molar-refractivity contribution in [2.24, 2.45) is 0 Å². The van der Waals surface area contributed by atoms with Gasteiger partial charge in [-0.2, -0.15) is 0 Å². The van der Waals surface area contributed by atoms with Gasteiger partial charge < -0.3 is 15.3 Å². The molecule has 0 bridgehead atoms. The number of piperazine rings is 1. The van der Waals surface area contributed by atoms with E-state index in [1.165, 1.54) is 30.4 Å². The first kappa shape index (κ1) is 15.3. The molecule has 0 saturated carbocycles. The van der Waals surface area contributed by atoms with Crippen molar-refractivity contribution in [2.45, 2.75) is 38.5 Å². The van der Waals surface area contributed by atoms with Crippen LogP contribution in [0.3, 0.4) is 0 Å². The first-order valence-electron chi connectivity index (χ1n) is 8.21. The monoisotopic (exact) mass is 352 g/mol. The lowest BCUT2D eigenvalue weighted by molar-refractivity contribution is 0.243. The van der Waals surface area contributed by atoms with Crippen LogP contribution in [0.5, 0.6) is 5.75 Å². The van der Waals surface area contributed by atoms with E-state index in [2.05, 4.69) is 32.2 Å². The van der Waals surface area contributed by atoms with Crippen LogP contribution in [-0.2, 0) is 19.3 Å². The van der Waals surface area contributed by atoms with Gasteiger partial charge in [-0.05, 0) is 64.7 Å². The minimum Gasteiger partial charge on any atom is -0.506 e. The van der Waals surface area contributed by atoms with E-state index in [1.807, 2.05) is 0 Å². The van der Waals surface area contributed by atoms with Gasteiger partial charge in [0.15, 0.2) is 0 Å². The molecule has 1 aromatic rings. The maximum atomic E-state index is 10.5. The molecule has 4 heteroatoms. The Kier molecular flexibility index (Phi) is 5.19. The van der Waals surface area contributed by atoms with E-state index >= 15 is 0 Å². The van der Waals surface area contributed by atoms with Crippen molar-refractivity contribution in [3.63, 3.8) is 0 Å². The van der Waals surface area contributed by atoms with Gasteiger partial charge in [0.25, 0.3) is 0 Å². The number of benzene rings is 1. The number of hydrogen-bond donors (Lipinski definition) is 2. The Hall–Kier alpha value is -0.580. The molecular formula is C17H25BrN2O. The van der Waals surface area contributed by atoms with Crippen LogP contribution in [0.15, 0.2) is 10.5 Å². The number of fused-ring (bicyclic) bond motifs is 1. The van der Waals surface area contributed by atoms with Gasteiger partial charge in [0.05, 0.1) is 4.47 Å². The van der Waals surface area contributed by atoms with Crippen LogP contribution in [0.4, 0.5) is 0 Å². The van der Waals surface area contributed by atoms with Crippen LogP contribution in [-0.4, -0.2) is 42.7 Å². The van der Waals surface area contributed by atoms with Gasteiger partial charge >= 0.3 is 0 Å². The molecule has 3 rings (SSSR count). The lowest BCUT2D eigenvalue weighted by Gasteiger charge is -2.27. The molecule has 1 heterocycles. The fourth-order valence-corrected chi connectivity index (χ4v) is 4.19. The summed E-state index contributed by atoms with van der Waals surface area (Å²) in [6.07, 6.45) is 7.03. The number of nitrogens with zero attached hydrogens (tertiary/aromatic N) is 1. The van der Waals surface area contributed by atoms with E-state index in [-0.39, 0.29) is 0 Å². The summed E-state index contributed by atoms with van der Waals surface area (Å²) in [5, 5.41) is 13.9. The second-order valence-corrected chi connectivity index (χ2v) is 7.03. The Labute approximate surface area is 135 Å². The summed E-state index contributed by atoms with van der Waals surface area (Å²) in [7, 11) is 0. The van der Waals surface area contributed by atoms with Gasteiger partial charge in [0.2, 0.25) is 0 Å². The molecule has 1 fully saturated rings. The van der Waals surface area contributed by atoms with Crippen LogP contribution in [0.2, 0.25) is 0 Å². The number of phenolic OH excluding ortho intramolecular Hbond substituents is 1. The molecule has 2 aliphatic rings. The second-order valence-electron chi connectivity index (χ2n) is 6.24. The lowest BCUT2D eigenvalue weighted by Crippen LogP contribution is -2.44. The molecule has 0 unspecified atom stereocenters. The highest BCUT2D eigenvalue weighted by molar-refractivity contribution is 9.10. The molecule has 21 heavy (non-hydrogen) atoms. The highest BCUT2D eigenvalue weighted by atomic mass is 79.9. The Morgan fingerprint density at radius 1 is 1.14 bits per heavy atom. The zero-order valence-electron chi connectivity index (χ0n) is 12.6. The van der Waals surface area contributed by atoms with Crippen LogP contribution in [0.25, 0.3) is 0 Å². The molecule has 0 aromatic heterocycles. The van der Waals surface area contributed by atoms with Crippen molar-refractivity contribution in [2.75, 3.05) is 32.7 Å². The van der Waals surface area contributed by atoms with Crippen molar-refractivity contribution in [3.05, 3.63) is 27.2 Å². The summed E-state index contributed by atoms with van der Waals surface area (Å²) in [6.45, 7) is 5.44. The van der Waals surface area contributed by atoms with Gasteiger partial charge in [0, 0.05) is 32.7 Å². The normalized spacial score (nSPS) is 20.0. The van der Waals surface area contributed by atoms with E-state index < -0.39 is 0 Å². The fourth-order valence-electron chi connectivity index (χ4n) is 3.48. The third-order valence-corrected chi connectivity index (χ3v) is 5.65. The third-order valence-electron chi connectivity index (χ3n) is 4.79. The molecule has 0 amide bonds. The predicted molar refractivity (Wildman–Crippen MR) is 90.1 cm³/mol. The van der Waals surface area contributed by atoms with Crippen molar-refractivity contribution in [1.29, 1.82) is 0 Å². The topological polar surface area (TPSA) is 35.5 Å². The van der Waals surface area contributed by atoms with Gasteiger partial charge in [-0.1, -0.05) is 12.5 Å². The molecule has 3 nitrogen and oxygen atoms in total. The zero-order valence-corrected chi connectivity index (χ0v) is 14.2. The number of phenols is 1. The van der Waals surface area contributed by atoms with Crippen LogP contribution < -0.4 is 5.32 Å².